The van der Waals surface area contributed by atoms with Crippen molar-refractivity contribution in [2.45, 2.75) is 19.6 Å². The van der Waals surface area contributed by atoms with E-state index in [0.29, 0.717) is 6.61 Å². The first-order valence-electron chi connectivity index (χ1n) is 4.71. The Balaban J connectivity index is 3.19. The molecule has 0 saturated heterocycles. The lowest BCUT2D eigenvalue weighted by atomic mass is 10.0. The van der Waals surface area contributed by atoms with Crippen LogP contribution < -0.4 is 10.5 Å². The van der Waals surface area contributed by atoms with Gasteiger partial charge in [0.15, 0.2) is 0 Å². The summed E-state index contributed by atoms with van der Waals surface area (Å²) < 4.78 is 11.3. The number of hydrogen-bond acceptors (Lipinski definition) is 3. The third-order valence-corrected chi connectivity index (χ3v) is 2.82. The zero-order valence-corrected chi connectivity index (χ0v) is 10.8. The van der Waals surface area contributed by atoms with Crippen LogP contribution in [-0.2, 0) is 11.3 Å². The van der Waals surface area contributed by atoms with E-state index < -0.39 is 0 Å². The van der Waals surface area contributed by atoms with Crippen molar-refractivity contribution in [3.05, 3.63) is 27.7 Å². The van der Waals surface area contributed by atoms with Gasteiger partial charge in [-0.2, -0.15) is 0 Å². The van der Waals surface area contributed by atoms with Crippen LogP contribution in [0.15, 0.2) is 16.6 Å². The van der Waals surface area contributed by atoms with Crippen LogP contribution in [0.1, 0.15) is 24.1 Å². The Morgan fingerprint density at radius 3 is 2.53 bits per heavy atom. The zero-order valence-electron chi connectivity index (χ0n) is 9.21. The van der Waals surface area contributed by atoms with Gasteiger partial charge in [-0.1, -0.05) is 0 Å². The maximum absolute atomic E-state index is 5.89. The second kappa shape index (κ2) is 5.49. The van der Waals surface area contributed by atoms with Crippen LogP contribution in [0.2, 0.25) is 0 Å². The first-order chi connectivity index (χ1) is 7.10. The van der Waals surface area contributed by atoms with Gasteiger partial charge in [-0.3, -0.25) is 0 Å². The summed E-state index contributed by atoms with van der Waals surface area (Å²) in [5.74, 6) is 0.798. The topological polar surface area (TPSA) is 44.5 Å². The van der Waals surface area contributed by atoms with Gasteiger partial charge in [0, 0.05) is 13.2 Å². The molecule has 1 atom stereocenters. The smallest absolute Gasteiger partial charge is 0.133 e. The van der Waals surface area contributed by atoms with Gasteiger partial charge >= 0.3 is 0 Å². The Hall–Kier alpha value is -0.580. The SMILES string of the molecule is COCc1cc(OC)c(Br)cc1C(C)N. The zero-order chi connectivity index (χ0) is 11.4. The van der Waals surface area contributed by atoms with E-state index in [9.17, 15) is 0 Å². The van der Waals surface area contributed by atoms with Gasteiger partial charge in [0.1, 0.15) is 5.75 Å². The van der Waals surface area contributed by atoms with Crippen molar-refractivity contribution in [3.8, 4) is 5.75 Å². The molecule has 0 aromatic heterocycles. The highest BCUT2D eigenvalue weighted by Gasteiger charge is 2.11. The Morgan fingerprint density at radius 1 is 1.40 bits per heavy atom. The van der Waals surface area contributed by atoms with E-state index >= 15 is 0 Å². The van der Waals surface area contributed by atoms with Crippen LogP contribution in [0.4, 0.5) is 0 Å². The van der Waals surface area contributed by atoms with E-state index in [1.165, 1.54) is 0 Å². The molecule has 3 nitrogen and oxygen atoms in total. The maximum Gasteiger partial charge on any atom is 0.133 e. The number of benzene rings is 1. The highest BCUT2D eigenvalue weighted by atomic mass is 79.9. The molecule has 0 fully saturated rings. The fraction of sp³-hybridized carbons (Fsp3) is 0.455. The molecule has 0 heterocycles. The Bertz CT molecular complexity index is 340. The van der Waals surface area contributed by atoms with Crippen molar-refractivity contribution >= 4 is 15.9 Å². The highest BCUT2D eigenvalue weighted by molar-refractivity contribution is 9.10. The van der Waals surface area contributed by atoms with E-state index in [-0.39, 0.29) is 6.04 Å². The number of methoxy groups -OCH3 is 2. The third kappa shape index (κ3) is 2.93. The fourth-order valence-corrected chi connectivity index (χ4v) is 1.99. The minimum Gasteiger partial charge on any atom is -0.496 e. The van der Waals surface area contributed by atoms with E-state index in [0.717, 1.165) is 21.3 Å². The van der Waals surface area contributed by atoms with Crippen molar-refractivity contribution < 1.29 is 9.47 Å². The summed E-state index contributed by atoms with van der Waals surface area (Å²) in [4.78, 5) is 0. The van der Waals surface area contributed by atoms with Crippen LogP contribution in [0, 0.1) is 0 Å². The summed E-state index contributed by atoms with van der Waals surface area (Å²) in [6, 6.07) is 3.92. The summed E-state index contributed by atoms with van der Waals surface area (Å²) in [6.45, 7) is 2.49. The molecule has 2 N–H and O–H groups in total. The molecule has 84 valence electrons. The largest absolute Gasteiger partial charge is 0.496 e. The molecule has 1 aromatic rings. The average molecular weight is 274 g/mol. The van der Waals surface area contributed by atoms with E-state index in [1.54, 1.807) is 14.2 Å². The van der Waals surface area contributed by atoms with E-state index in [4.69, 9.17) is 15.2 Å². The molecule has 0 amide bonds. The number of halogens is 1. The molecular weight excluding hydrogens is 258 g/mol. The number of hydrogen-bond donors (Lipinski definition) is 1. The first kappa shape index (κ1) is 12.5. The first-order valence-corrected chi connectivity index (χ1v) is 5.50. The Morgan fingerprint density at radius 2 is 2.07 bits per heavy atom. The molecule has 4 heteroatoms. The van der Waals surface area contributed by atoms with Gasteiger partial charge in [0.25, 0.3) is 0 Å². The minimum atomic E-state index is -0.0163. The molecule has 0 aliphatic carbocycles. The maximum atomic E-state index is 5.89. The quantitative estimate of drug-likeness (QED) is 0.917. The second-order valence-corrected chi connectivity index (χ2v) is 4.26. The molecule has 0 aliphatic rings. The van der Waals surface area contributed by atoms with Crippen LogP contribution in [0.3, 0.4) is 0 Å². The summed E-state index contributed by atoms with van der Waals surface area (Å²) >= 11 is 3.44. The van der Waals surface area contributed by atoms with Crippen molar-refractivity contribution in [1.29, 1.82) is 0 Å². The number of rotatable bonds is 4. The van der Waals surface area contributed by atoms with Gasteiger partial charge in [-0.05, 0) is 46.1 Å². The number of nitrogens with two attached hydrogens (primary N) is 1. The average Bonchev–Trinajstić information content (AvgIpc) is 2.20. The molecule has 1 rings (SSSR count). The molecular formula is C11H16BrNO2. The van der Waals surface area contributed by atoms with Crippen LogP contribution in [-0.4, -0.2) is 14.2 Å². The molecule has 0 aliphatic heterocycles. The molecule has 0 bridgehead atoms. The molecule has 0 radical (unpaired) electrons. The second-order valence-electron chi connectivity index (χ2n) is 3.41. The van der Waals surface area contributed by atoms with Crippen molar-refractivity contribution in [2.24, 2.45) is 5.73 Å². The van der Waals surface area contributed by atoms with E-state index in [1.807, 2.05) is 19.1 Å². The molecule has 1 unspecified atom stereocenters. The Labute approximate surface area is 98.7 Å². The highest BCUT2D eigenvalue weighted by Crippen LogP contribution is 2.31. The van der Waals surface area contributed by atoms with Crippen molar-refractivity contribution in [2.75, 3.05) is 14.2 Å². The molecule has 15 heavy (non-hydrogen) atoms. The molecule has 0 saturated carbocycles. The predicted molar refractivity (Wildman–Crippen MR) is 64.0 cm³/mol. The van der Waals surface area contributed by atoms with Gasteiger partial charge < -0.3 is 15.2 Å². The Kier molecular flexibility index (Phi) is 4.57. The minimum absolute atomic E-state index is 0.0163. The van der Waals surface area contributed by atoms with Crippen molar-refractivity contribution in [3.63, 3.8) is 0 Å². The summed E-state index contributed by atoms with van der Waals surface area (Å²) in [7, 11) is 3.31. The lowest BCUT2D eigenvalue weighted by molar-refractivity contribution is 0.183. The molecule has 0 spiro atoms. The van der Waals surface area contributed by atoms with E-state index in [2.05, 4.69) is 15.9 Å². The normalized spacial score (nSPS) is 12.6. The van der Waals surface area contributed by atoms with Crippen LogP contribution in [0.5, 0.6) is 5.75 Å². The number of ether oxygens (including phenoxy) is 2. The standard InChI is InChI=1S/C11H16BrNO2/c1-7(13)9-5-10(12)11(15-3)4-8(9)6-14-2/h4-5,7H,6,13H2,1-3H3. The molecule has 1 aromatic carbocycles. The van der Waals surface area contributed by atoms with Crippen molar-refractivity contribution in [1.82, 2.24) is 0 Å². The summed E-state index contributed by atoms with van der Waals surface area (Å²) in [5, 5.41) is 0. The fourth-order valence-electron chi connectivity index (χ4n) is 1.47. The van der Waals surface area contributed by atoms with Gasteiger partial charge in [-0.25, -0.2) is 0 Å². The summed E-state index contributed by atoms with van der Waals surface area (Å²) in [5.41, 5.74) is 8.02. The third-order valence-electron chi connectivity index (χ3n) is 2.20. The lowest BCUT2D eigenvalue weighted by Gasteiger charge is -2.15. The lowest BCUT2D eigenvalue weighted by Crippen LogP contribution is -2.09. The summed E-state index contributed by atoms with van der Waals surface area (Å²) in [6.07, 6.45) is 0. The van der Waals surface area contributed by atoms with Gasteiger partial charge in [-0.15, -0.1) is 0 Å². The van der Waals surface area contributed by atoms with Gasteiger partial charge in [0.2, 0.25) is 0 Å². The van der Waals surface area contributed by atoms with Gasteiger partial charge in [0.05, 0.1) is 18.2 Å². The monoisotopic (exact) mass is 273 g/mol. The van der Waals surface area contributed by atoms with Crippen LogP contribution in [0.25, 0.3) is 0 Å². The predicted octanol–water partition coefficient (Wildman–Crippen LogP) is 2.62. The van der Waals surface area contributed by atoms with Crippen LogP contribution >= 0.6 is 15.9 Å².